The molecule has 0 saturated carbocycles. The molecule has 1 spiro atoms. The Morgan fingerprint density at radius 1 is 0.385 bits per heavy atom. The van der Waals surface area contributed by atoms with Gasteiger partial charge in [0.15, 0.2) is 0 Å². The molecule has 8 rings (SSSR count). The summed E-state index contributed by atoms with van der Waals surface area (Å²) in [5.41, 5.74) is 13.3. The molecule has 6 aromatic carbocycles. The fourth-order valence-corrected chi connectivity index (χ4v) is 7.02. The van der Waals surface area contributed by atoms with Crippen LogP contribution < -0.4 is 4.90 Å². The monoisotopic (exact) mass is 517 g/mol. The summed E-state index contributed by atoms with van der Waals surface area (Å²) in [6.45, 7) is 0. The van der Waals surface area contributed by atoms with Crippen LogP contribution in [-0.2, 0) is 5.41 Å². The second-order valence-corrected chi connectivity index (χ2v) is 10.7. The van der Waals surface area contributed by atoms with Crippen LogP contribution in [0.1, 0.15) is 22.3 Å². The van der Waals surface area contributed by atoms with E-state index < -0.39 is 5.41 Å². The van der Waals surface area contributed by atoms with Crippen LogP contribution in [0.3, 0.4) is 0 Å². The van der Waals surface area contributed by atoms with Crippen LogP contribution in [0.4, 0.5) is 17.1 Å². The Labute approximate surface area is 233 Å². The Kier molecular flexibility index (Phi) is 4.86. The topological polar surface area (TPSA) is 3.24 Å². The van der Waals surface area contributed by atoms with Crippen molar-refractivity contribution in [1.82, 2.24) is 0 Å². The van der Waals surface area contributed by atoms with Crippen molar-refractivity contribution in [1.29, 1.82) is 0 Å². The first kappa shape index (κ1) is 22.4. The zero-order valence-corrected chi connectivity index (χ0v) is 21.9. The summed E-state index contributed by atoms with van der Waals surface area (Å²) in [7, 11) is 0. The van der Waals surface area contributed by atoms with Crippen LogP contribution in [0.2, 0.25) is 5.02 Å². The predicted octanol–water partition coefficient (Wildman–Crippen LogP) is 10.2. The molecule has 2 heteroatoms. The van der Waals surface area contributed by atoms with Crippen molar-refractivity contribution in [3.8, 4) is 22.3 Å². The molecule has 39 heavy (non-hydrogen) atoms. The maximum absolute atomic E-state index is 6.72. The van der Waals surface area contributed by atoms with Crippen molar-refractivity contribution in [2.24, 2.45) is 0 Å². The van der Waals surface area contributed by atoms with Crippen molar-refractivity contribution in [2.75, 3.05) is 4.90 Å². The zero-order chi connectivity index (χ0) is 26.0. The number of anilines is 3. The lowest BCUT2D eigenvalue weighted by Gasteiger charge is -2.31. The molecule has 0 bridgehead atoms. The third-order valence-corrected chi connectivity index (χ3v) is 8.56. The minimum absolute atomic E-state index is 0.397. The standard InChI is InChI=1S/C37H24ClN/c38-25-19-21-31-32-24-28(39(26-11-3-1-4-12-26)27-13-5-2-6-14-27)20-22-35(32)37(36(31)23-25)33-17-9-7-15-29(33)30-16-8-10-18-34(30)37/h1-24H. The zero-order valence-electron chi connectivity index (χ0n) is 21.2. The average Bonchev–Trinajstić information content (AvgIpc) is 3.45. The lowest BCUT2D eigenvalue weighted by molar-refractivity contribution is 0.794. The second kappa shape index (κ2) is 8.46. The van der Waals surface area contributed by atoms with Gasteiger partial charge in [-0.15, -0.1) is 0 Å². The first-order valence-corrected chi connectivity index (χ1v) is 13.7. The minimum Gasteiger partial charge on any atom is -0.310 e. The fourth-order valence-electron chi connectivity index (χ4n) is 6.84. The number of halogens is 1. The highest BCUT2D eigenvalue weighted by Crippen LogP contribution is 2.63. The van der Waals surface area contributed by atoms with Gasteiger partial charge in [-0.2, -0.15) is 0 Å². The van der Waals surface area contributed by atoms with E-state index in [2.05, 4.69) is 144 Å². The van der Waals surface area contributed by atoms with Gasteiger partial charge in [-0.1, -0.05) is 109 Å². The molecule has 0 saturated heterocycles. The van der Waals surface area contributed by atoms with Crippen LogP contribution in [0.25, 0.3) is 22.3 Å². The van der Waals surface area contributed by atoms with Crippen LogP contribution in [0.5, 0.6) is 0 Å². The maximum atomic E-state index is 6.72. The molecule has 1 nitrogen and oxygen atoms in total. The van der Waals surface area contributed by atoms with Gasteiger partial charge in [0.2, 0.25) is 0 Å². The van der Waals surface area contributed by atoms with Gasteiger partial charge >= 0.3 is 0 Å². The Balaban J connectivity index is 1.44. The lowest BCUT2D eigenvalue weighted by atomic mass is 9.70. The fraction of sp³-hybridized carbons (Fsp3) is 0.0270. The van der Waals surface area contributed by atoms with Gasteiger partial charge in [-0.3, -0.25) is 0 Å². The number of rotatable bonds is 3. The lowest BCUT2D eigenvalue weighted by Crippen LogP contribution is -2.25. The van der Waals surface area contributed by atoms with E-state index in [0.29, 0.717) is 0 Å². The van der Waals surface area contributed by atoms with Crippen molar-refractivity contribution in [2.45, 2.75) is 5.41 Å². The average molecular weight is 518 g/mol. The molecule has 0 radical (unpaired) electrons. The molecule has 184 valence electrons. The number of benzene rings is 6. The van der Waals surface area contributed by atoms with Gasteiger partial charge in [0.25, 0.3) is 0 Å². The predicted molar refractivity (Wildman–Crippen MR) is 162 cm³/mol. The molecule has 0 aromatic heterocycles. The Bertz CT molecular complexity index is 1790. The van der Waals surface area contributed by atoms with Gasteiger partial charge in [-0.25, -0.2) is 0 Å². The van der Waals surface area contributed by atoms with Crippen molar-refractivity contribution in [3.63, 3.8) is 0 Å². The molecule has 0 amide bonds. The summed E-state index contributed by atoms with van der Waals surface area (Å²) in [5, 5.41) is 0.762. The quantitative estimate of drug-likeness (QED) is 0.225. The van der Waals surface area contributed by atoms with E-state index in [-0.39, 0.29) is 0 Å². The van der Waals surface area contributed by atoms with Crippen molar-refractivity contribution < 1.29 is 0 Å². The summed E-state index contributed by atoms with van der Waals surface area (Å²) in [5.74, 6) is 0. The first-order chi connectivity index (χ1) is 19.3. The summed E-state index contributed by atoms with van der Waals surface area (Å²) in [6, 6.07) is 52.3. The van der Waals surface area contributed by atoms with E-state index in [0.717, 1.165) is 22.1 Å². The molecule has 2 aliphatic carbocycles. The SMILES string of the molecule is Clc1ccc2c(c1)C1(c3ccccc3-c3ccccc31)c1ccc(N(c3ccccc3)c3ccccc3)cc1-2. The molecular weight excluding hydrogens is 494 g/mol. The van der Waals surface area contributed by atoms with Crippen LogP contribution in [-0.4, -0.2) is 0 Å². The molecule has 0 heterocycles. The van der Waals surface area contributed by atoms with Gasteiger partial charge in [-0.05, 0) is 93.0 Å². The van der Waals surface area contributed by atoms with Crippen LogP contribution >= 0.6 is 11.6 Å². The van der Waals surface area contributed by atoms with Gasteiger partial charge < -0.3 is 4.90 Å². The third-order valence-electron chi connectivity index (χ3n) is 8.32. The summed E-state index contributed by atoms with van der Waals surface area (Å²) in [4.78, 5) is 2.33. The Morgan fingerprint density at radius 2 is 0.897 bits per heavy atom. The van der Waals surface area contributed by atoms with E-state index in [1.807, 2.05) is 6.07 Å². The molecule has 0 fully saturated rings. The van der Waals surface area contributed by atoms with E-state index in [4.69, 9.17) is 11.6 Å². The van der Waals surface area contributed by atoms with Crippen LogP contribution in [0.15, 0.2) is 146 Å². The Hall–Kier alpha value is -4.59. The summed E-state index contributed by atoms with van der Waals surface area (Å²) < 4.78 is 0. The minimum atomic E-state index is -0.397. The summed E-state index contributed by atoms with van der Waals surface area (Å²) in [6.07, 6.45) is 0. The molecule has 0 aliphatic heterocycles. The van der Waals surface area contributed by atoms with E-state index in [1.165, 1.54) is 44.5 Å². The van der Waals surface area contributed by atoms with E-state index in [9.17, 15) is 0 Å². The highest BCUT2D eigenvalue weighted by Gasteiger charge is 2.51. The van der Waals surface area contributed by atoms with Gasteiger partial charge in [0, 0.05) is 22.1 Å². The van der Waals surface area contributed by atoms with E-state index in [1.54, 1.807) is 0 Å². The number of nitrogens with zero attached hydrogens (tertiary/aromatic N) is 1. The van der Waals surface area contributed by atoms with Crippen molar-refractivity contribution in [3.05, 3.63) is 173 Å². The van der Waals surface area contributed by atoms with Crippen molar-refractivity contribution >= 4 is 28.7 Å². The molecule has 0 unspecified atom stereocenters. The van der Waals surface area contributed by atoms with Crippen LogP contribution in [0, 0.1) is 0 Å². The third kappa shape index (κ3) is 3.08. The van der Waals surface area contributed by atoms with Gasteiger partial charge in [0.05, 0.1) is 5.41 Å². The molecule has 6 aromatic rings. The second-order valence-electron chi connectivity index (χ2n) is 10.3. The molecule has 2 aliphatic rings. The van der Waals surface area contributed by atoms with E-state index >= 15 is 0 Å². The normalized spacial score (nSPS) is 13.5. The molecule has 0 N–H and O–H groups in total. The summed E-state index contributed by atoms with van der Waals surface area (Å²) >= 11 is 6.72. The molecule has 0 atom stereocenters. The first-order valence-electron chi connectivity index (χ1n) is 13.3. The number of hydrogen-bond donors (Lipinski definition) is 0. The Morgan fingerprint density at radius 3 is 1.51 bits per heavy atom. The number of hydrogen-bond acceptors (Lipinski definition) is 1. The number of para-hydroxylation sites is 2. The highest BCUT2D eigenvalue weighted by molar-refractivity contribution is 6.30. The molecular formula is C37H24ClN. The maximum Gasteiger partial charge on any atom is 0.0726 e. The number of fused-ring (bicyclic) bond motifs is 10. The smallest absolute Gasteiger partial charge is 0.0726 e. The highest BCUT2D eigenvalue weighted by atomic mass is 35.5. The van der Waals surface area contributed by atoms with Gasteiger partial charge in [0.1, 0.15) is 0 Å². The largest absolute Gasteiger partial charge is 0.310 e.